The van der Waals surface area contributed by atoms with E-state index in [-0.39, 0.29) is 11.6 Å². The van der Waals surface area contributed by atoms with E-state index in [9.17, 15) is 8.78 Å². The third kappa shape index (κ3) is 2.24. The number of hydrogen-bond acceptors (Lipinski definition) is 0. The smallest absolute Gasteiger partial charge is 0.123 e. The normalized spacial score (nSPS) is 11.1. The van der Waals surface area contributed by atoms with Crippen LogP contribution in [0, 0.1) is 18.6 Å². The summed E-state index contributed by atoms with van der Waals surface area (Å²) in [7, 11) is 0. The Morgan fingerprint density at radius 2 is 1.68 bits per heavy atom. The van der Waals surface area contributed by atoms with Gasteiger partial charge in [0.15, 0.2) is 0 Å². The first kappa shape index (κ1) is 11.9. The van der Waals surface area contributed by atoms with Crippen LogP contribution in [0.4, 0.5) is 8.78 Å². The van der Waals surface area contributed by atoms with Crippen LogP contribution in [-0.2, 0) is 6.54 Å². The van der Waals surface area contributed by atoms with Gasteiger partial charge in [0.2, 0.25) is 0 Å². The van der Waals surface area contributed by atoms with E-state index in [1.54, 1.807) is 18.2 Å². The van der Waals surface area contributed by atoms with E-state index in [2.05, 4.69) is 0 Å². The topological polar surface area (TPSA) is 4.93 Å². The largest absolute Gasteiger partial charge is 0.343 e. The van der Waals surface area contributed by atoms with Crippen molar-refractivity contribution in [1.82, 2.24) is 4.57 Å². The highest BCUT2D eigenvalue weighted by molar-refractivity contribution is 5.80. The van der Waals surface area contributed by atoms with Crippen molar-refractivity contribution >= 4 is 10.9 Å². The highest BCUT2D eigenvalue weighted by Crippen LogP contribution is 2.20. The number of rotatable bonds is 2. The molecule has 0 saturated carbocycles. The van der Waals surface area contributed by atoms with Gasteiger partial charge in [-0.05, 0) is 54.4 Å². The molecule has 0 spiro atoms. The van der Waals surface area contributed by atoms with Gasteiger partial charge in [-0.2, -0.15) is 0 Å². The zero-order valence-corrected chi connectivity index (χ0v) is 10.5. The van der Waals surface area contributed by atoms with E-state index >= 15 is 0 Å². The average molecular weight is 257 g/mol. The van der Waals surface area contributed by atoms with Gasteiger partial charge in [0, 0.05) is 23.6 Å². The number of aryl methyl sites for hydroxylation is 1. The fraction of sp³-hybridized carbons (Fsp3) is 0.125. The fourth-order valence-corrected chi connectivity index (χ4v) is 2.30. The Morgan fingerprint density at radius 3 is 2.53 bits per heavy atom. The van der Waals surface area contributed by atoms with Crippen LogP contribution in [-0.4, -0.2) is 4.57 Å². The van der Waals surface area contributed by atoms with Gasteiger partial charge < -0.3 is 4.57 Å². The molecule has 1 aromatic heterocycles. The summed E-state index contributed by atoms with van der Waals surface area (Å²) in [6.07, 6.45) is 1.90. The summed E-state index contributed by atoms with van der Waals surface area (Å²) < 4.78 is 28.4. The Labute approximate surface area is 110 Å². The standard InChI is InChI=1S/C16H13F2N/c1-11-2-3-14(17)9-13(11)10-19-7-6-12-8-15(18)4-5-16(12)19/h2-9H,10H2,1H3. The third-order valence-electron chi connectivity index (χ3n) is 3.38. The number of nitrogens with zero attached hydrogens (tertiary/aromatic N) is 1. The first-order valence-electron chi connectivity index (χ1n) is 6.13. The molecule has 96 valence electrons. The van der Waals surface area contributed by atoms with E-state index in [1.165, 1.54) is 18.2 Å². The van der Waals surface area contributed by atoms with Gasteiger partial charge in [0.25, 0.3) is 0 Å². The van der Waals surface area contributed by atoms with Crippen LogP contribution in [0.1, 0.15) is 11.1 Å². The van der Waals surface area contributed by atoms with E-state index in [4.69, 9.17) is 0 Å². The molecule has 0 saturated heterocycles. The molecule has 2 aromatic carbocycles. The van der Waals surface area contributed by atoms with Crippen molar-refractivity contribution in [3.8, 4) is 0 Å². The van der Waals surface area contributed by atoms with Crippen LogP contribution in [0.3, 0.4) is 0 Å². The molecule has 0 unspecified atom stereocenters. The maximum atomic E-state index is 13.3. The summed E-state index contributed by atoms with van der Waals surface area (Å²) in [6.45, 7) is 2.54. The zero-order chi connectivity index (χ0) is 13.4. The van der Waals surface area contributed by atoms with E-state index in [0.717, 1.165) is 22.0 Å². The van der Waals surface area contributed by atoms with Crippen molar-refractivity contribution in [2.75, 3.05) is 0 Å². The summed E-state index contributed by atoms with van der Waals surface area (Å²) >= 11 is 0. The fourth-order valence-electron chi connectivity index (χ4n) is 2.30. The molecule has 0 bridgehead atoms. The molecule has 0 aliphatic heterocycles. The summed E-state index contributed by atoms with van der Waals surface area (Å²) in [5.74, 6) is -0.477. The Bertz CT molecular complexity index is 744. The summed E-state index contributed by atoms with van der Waals surface area (Å²) in [6, 6.07) is 11.3. The van der Waals surface area contributed by atoms with Crippen LogP contribution >= 0.6 is 0 Å². The second kappa shape index (κ2) is 4.50. The molecule has 0 fully saturated rings. The molecule has 0 radical (unpaired) electrons. The molecule has 0 aliphatic carbocycles. The lowest BCUT2D eigenvalue weighted by Gasteiger charge is -2.09. The van der Waals surface area contributed by atoms with E-state index in [1.807, 2.05) is 23.8 Å². The predicted octanol–water partition coefficient (Wildman–Crippen LogP) is 4.28. The van der Waals surface area contributed by atoms with Crippen LogP contribution in [0.15, 0.2) is 48.7 Å². The first-order chi connectivity index (χ1) is 9.13. The Hall–Kier alpha value is -2.16. The van der Waals surface area contributed by atoms with Crippen LogP contribution in [0.25, 0.3) is 10.9 Å². The summed E-state index contributed by atoms with van der Waals surface area (Å²) in [5.41, 5.74) is 2.93. The van der Waals surface area contributed by atoms with Gasteiger partial charge in [0.1, 0.15) is 11.6 Å². The quantitative estimate of drug-likeness (QED) is 0.646. The highest BCUT2D eigenvalue weighted by Gasteiger charge is 2.05. The zero-order valence-electron chi connectivity index (χ0n) is 10.5. The maximum Gasteiger partial charge on any atom is 0.123 e. The van der Waals surface area contributed by atoms with Crippen LogP contribution in [0.2, 0.25) is 0 Å². The first-order valence-corrected chi connectivity index (χ1v) is 6.13. The van der Waals surface area contributed by atoms with Gasteiger partial charge >= 0.3 is 0 Å². The van der Waals surface area contributed by atoms with Crippen molar-refractivity contribution in [1.29, 1.82) is 0 Å². The minimum absolute atomic E-state index is 0.233. The number of fused-ring (bicyclic) bond motifs is 1. The SMILES string of the molecule is Cc1ccc(F)cc1Cn1ccc2cc(F)ccc21. The number of aromatic nitrogens is 1. The second-order valence-electron chi connectivity index (χ2n) is 4.72. The lowest BCUT2D eigenvalue weighted by molar-refractivity contribution is 0.623. The van der Waals surface area contributed by atoms with Crippen LogP contribution < -0.4 is 0 Å². The maximum absolute atomic E-state index is 13.3. The molecule has 3 rings (SSSR count). The summed E-state index contributed by atoms with van der Waals surface area (Å²) in [5, 5.41) is 0.856. The van der Waals surface area contributed by atoms with Crippen molar-refractivity contribution in [2.24, 2.45) is 0 Å². The average Bonchev–Trinajstić information content (AvgIpc) is 2.76. The van der Waals surface area contributed by atoms with E-state index < -0.39 is 0 Å². The van der Waals surface area contributed by atoms with Crippen molar-refractivity contribution in [3.63, 3.8) is 0 Å². The van der Waals surface area contributed by atoms with Gasteiger partial charge in [-0.3, -0.25) is 0 Å². The molecule has 0 atom stereocenters. The minimum atomic E-state index is -0.243. The monoisotopic (exact) mass is 257 g/mol. The Balaban J connectivity index is 2.03. The van der Waals surface area contributed by atoms with Gasteiger partial charge in [-0.15, -0.1) is 0 Å². The number of hydrogen-bond donors (Lipinski definition) is 0. The van der Waals surface area contributed by atoms with Crippen molar-refractivity contribution < 1.29 is 8.78 Å². The molecule has 1 heterocycles. The molecule has 3 heteroatoms. The van der Waals surface area contributed by atoms with Gasteiger partial charge in [-0.1, -0.05) is 6.07 Å². The molecule has 19 heavy (non-hydrogen) atoms. The summed E-state index contributed by atoms with van der Waals surface area (Å²) in [4.78, 5) is 0. The lowest BCUT2D eigenvalue weighted by Crippen LogP contribution is -2.00. The molecule has 0 N–H and O–H groups in total. The molecule has 0 amide bonds. The van der Waals surface area contributed by atoms with Crippen molar-refractivity contribution in [3.05, 3.63) is 71.4 Å². The number of halogens is 2. The predicted molar refractivity (Wildman–Crippen MR) is 72.1 cm³/mol. The second-order valence-corrected chi connectivity index (χ2v) is 4.72. The van der Waals surface area contributed by atoms with Gasteiger partial charge in [-0.25, -0.2) is 8.78 Å². The van der Waals surface area contributed by atoms with Crippen molar-refractivity contribution in [2.45, 2.75) is 13.5 Å². The third-order valence-corrected chi connectivity index (χ3v) is 3.38. The van der Waals surface area contributed by atoms with E-state index in [0.29, 0.717) is 6.54 Å². The number of benzene rings is 2. The molecule has 3 aromatic rings. The minimum Gasteiger partial charge on any atom is -0.343 e. The highest BCUT2D eigenvalue weighted by atomic mass is 19.1. The Morgan fingerprint density at radius 1 is 0.947 bits per heavy atom. The lowest BCUT2D eigenvalue weighted by atomic mass is 10.1. The molecular weight excluding hydrogens is 244 g/mol. The van der Waals surface area contributed by atoms with Crippen LogP contribution in [0.5, 0.6) is 0 Å². The molecule has 0 aliphatic rings. The molecular formula is C16H13F2N. The van der Waals surface area contributed by atoms with Gasteiger partial charge in [0.05, 0.1) is 0 Å². The molecule has 1 nitrogen and oxygen atoms in total. The Kier molecular flexibility index (Phi) is 2.82.